The maximum atomic E-state index is 12.9. The number of benzene rings is 1. The van der Waals surface area contributed by atoms with Crippen molar-refractivity contribution in [3.8, 4) is 5.75 Å². The van der Waals surface area contributed by atoms with Crippen molar-refractivity contribution >= 4 is 29.3 Å². The van der Waals surface area contributed by atoms with E-state index in [1.165, 1.54) is 18.2 Å². The Morgan fingerprint density at radius 2 is 1.96 bits per heavy atom. The second-order valence-electron chi connectivity index (χ2n) is 7.63. The van der Waals surface area contributed by atoms with Gasteiger partial charge in [-0.3, -0.25) is 4.79 Å². The number of rotatable bonds is 6. The van der Waals surface area contributed by atoms with Crippen molar-refractivity contribution < 1.29 is 9.53 Å². The zero-order valence-electron chi connectivity index (χ0n) is 16.8. The highest BCUT2D eigenvalue weighted by Gasteiger charge is 2.29. The van der Waals surface area contributed by atoms with E-state index in [2.05, 4.69) is 24.0 Å². The summed E-state index contributed by atoms with van der Waals surface area (Å²) in [6.07, 6.45) is 1.18. The van der Waals surface area contributed by atoms with E-state index in [4.69, 9.17) is 16.3 Å². The Morgan fingerprint density at radius 3 is 2.64 bits per heavy atom. The van der Waals surface area contributed by atoms with Crippen LogP contribution in [0.15, 0.2) is 29.4 Å². The Morgan fingerprint density at radius 1 is 1.29 bits per heavy atom. The quantitative estimate of drug-likeness (QED) is 0.657. The van der Waals surface area contributed by atoms with E-state index in [-0.39, 0.29) is 17.8 Å². The Bertz CT molecular complexity index is 818. The van der Waals surface area contributed by atoms with Gasteiger partial charge in [0, 0.05) is 20.1 Å². The topological polar surface area (TPSA) is 60.3 Å². The van der Waals surface area contributed by atoms with Crippen molar-refractivity contribution in [2.24, 2.45) is 18.9 Å². The number of likely N-dealkylation sites (tertiary alicyclic amines) is 1. The molecular weight excluding hydrogens is 396 g/mol. The lowest BCUT2D eigenvalue weighted by atomic mass is 9.92. The van der Waals surface area contributed by atoms with Gasteiger partial charge in [0.25, 0.3) is 0 Å². The molecule has 28 heavy (non-hydrogen) atoms. The normalized spacial score (nSPS) is 20.8. The Hall–Kier alpha value is -1.73. The Balaban J connectivity index is 1.60. The number of amides is 1. The summed E-state index contributed by atoms with van der Waals surface area (Å²) in [4.78, 5) is 14.9. The molecule has 152 valence electrons. The average molecular weight is 423 g/mol. The number of piperidine rings is 1. The van der Waals surface area contributed by atoms with Gasteiger partial charge in [-0.2, -0.15) is 0 Å². The van der Waals surface area contributed by atoms with Crippen LogP contribution in [0.4, 0.5) is 0 Å². The van der Waals surface area contributed by atoms with E-state index < -0.39 is 0 Å². The first kappa shape index (κ1) is 21.0. The predicted molar refractivity (Wildman–Crippen MR) is 112 cm³/mol. The zero-order valence-corrected chi connectivity index (χ0v) is 18.3. The summed E-state index contributed by atoms with van der Waals surface area (Å²) in [7, 11) is 1.88. The number of halogens is 1. The second kappa shape index (κ2) is 9.18. The summed E-state index contributed by atoms with van der Waals surface area (Å²) in [5.41, 5.74) is 0. The number of hydrogen-bond donors (Lipinski definition) is 0. The number of carbonyl (C=O) groups is 1. The summed E-state index contributed by atoms with van der Waals surface area (Å²) < 4.78 is 7.62. The molecule has 3 rings (SSSR count). The number of ether oxygens (including phenoxy) is 1. The summed E-state index contributed by atoms with van der Waals surface area (Å²) in [5, 5.41) is 9.50. The van der Waals surface area contributed by atoms with E-state index in [9.17, 15) is 4.79 Å². The molecule has 0 radical (unpaired) electrons. The number of para-hydroxylation sites is 1. The van der Waals surface area contributed by atoms with Gasteiger partial charge in [-0.05, 0) is 37.3 Å². The van der Waals surface area contributed by atoms with Gasteiger partial charge in [0.1, 0.15) is 12.4 Å². The van der Waals surface area contributed by atoms with Crippen LogP contribution in [0.5, 0.6) is 5.75 Å². The first-order valence-electron chi connectivity index (χ1n) is 9.56. The molecule has 1 aromatic heterocycles. The molecule has 0 bridgehead atoms. The first-order chi connectivity index (χ1) is 13.3. The van der Waals surface area contributed by atoms with Gasteiger partial charge in [-0.15, -0.1) is 10.2 Å². The van der Waals surface area contributed by atoms with Crippen LogP contribution in [-0.4, -0.2) is 43.9 Å². The maximum absolute atomic E-state index is 12.9. The van der Waals surface area contributed by atoms with Crippen LogP contribution >= 0.6 is 23.4 Å². The minimum atomic E-state index is -0.210. The highest BCUT2D eigenvalue weighted by molar-refractivity contribution is 8.00. The van der Waals surface area contributed by atoms with E-state index in [0.29, 0.717) is 33.6 Å². The minimum Gasteiger partial charge on any atom is -0.484 e. The largest absolute Gasteiger partial charge is 0.484 e. The molecule has 2 heterocycles. The number of carbonyl (C=O) groups excluding carboxylic acids is 1. The van der Waals surface area contributed by atoms with Gasteiger partial charge in [-0.25, -0.2) is 0 Å². The third-order valence-electron chi connectivity index (χ3n) is 4.93. The maximum Gasteiger partial charge on any atom is 0.235 e. The van der Waals surface area contributed by atoms with Gasteiger partial charge in [0.15, 0.2) is 11.0 Å². The van der Waals surface area contributed by atoms with Crippen molar-refractivity contribution in [3.05, 3.63) is 35.1 Å². The van der Waals surface area contributed by atoms with E-state index >= 15 is 0 Å². The lowest BCUT2D eigenvalue weighted by molar-refractivity contribution is -0.132. The van der Waals surface area contributed by atoms with Gasteiger partial charge >= 0.3 is 0 Å². The molecule has 1 aromatic carbocycles. The smallest absolute Gasteiger partial charge is 0.235 e. The Kier molecular flexibility index (Phi) is 6.88. The molecule has 3 atom stereocenters. The molecule has 1 aliphatic heterocycles. The minimum absolute atomic E-state index is 0.167. The molecule has 1 fully saturated rings. The van der Waals surface area contributed by atoms with Crippen molar-refractivity contribution in [3.63, 3.8) is 0 Å². The van der Waals surface area contributed by atoms with Crippen LogP contribution in [0.25, 0.3) is 0 Å². The van der Waals surface area contributed by atoms with E-state index in [0.717, 1.165) is 13.1 Å². The highest BCUT2D eigenvalue weighted by atomic mass is 35.5. The monoisotopic (exact) mass is 422 g/mol. The molecule has 6 nitrogen and oxygen atoms in total. The average Bonchev–Trinajstić information content (AvgIpc) is 2.99. The van der Waals surface area contributed by atoms with Crippen LogP contribution in [0.2, 0.25) is 5.02 Å². The molecule has 0 N–H and O–H groups in total. The van der Waals surface area contributed by atoms with Gasteiger partial charge < -0.3 is 14.2 Å². The fourth-order valence-corrected chi connectivity index (χ4v) is 4.69. The second-order valence-corrected chi connectivity index (χ2v) is 9.34. The molecule has 0 aliphatic carbocycles. The molecule has 8 heteroatoms. The Labute approximate surface area is 175 Å². The summed E-state index contributed by atoms with van der Waals surface area (Å²) in [6, 6.07) is 7.32. The third-order valence-corrected chi connectivity index (χ3v) is 6.36. The number of thioether (sulfide) groups is 1. The molecule has 1 saturated heterocycles. The molecule has 1 aliphatic rings. The van der Waals surface area contributed by atoms with E-state index in [1.54, 1.807) is 6.07 Å². The number of aromatic nitrogens is 3. The zero-order chi connectivity index (χ0) is 20.3. The van der Waals surface area contributed by atoms with E-state index in [1.807, 2.05) is 41.6 Å². The van der Waals surface area contributed by atoms with Crippen LogP contribution < -0.4 is 4.74 Å². The van der Waals surface area contributed by atoms with Crippen LogP contribution in [0.1, 0.15) is 33.0 Å². The molecular formula is C20H27ClN4O2S. The SMILES string of the molecule is CC1CC(C)CN(C(=O)C(C)Sc2nnc(COc3ccccc3Cl)n2C)C1. The van der Waals surface area contributed by atoms with Crippen molar-refractivity contribution in [1.82, 2.24) is 19.7 Å². The van der Waals surface area contributed by atoms with Crippen molar-refractivity contribution in [1.29, 1.82) is 0 Å². The van der Waals surface area contributed by atoms with Crippen LogP contribution in [0.3, 0.4) is 0 Å². The van der Waals surface area contributed by atoms with Gasteiger partial charge in [0.05, 0.1) is 10.3 Å². The molecule has 0 spiro atoms. The molecule has 1 amide bonds. The van der Waals surface area contributed by atoms with Crippen LogP contribution in [0, 0.1) is 11.8 Å². The van der Waals surface area contributed by atoms with Gasteiger partial charge in [-0.1, -0.05) is 49.3 Å². The summed E-state index contributed by atoms with van der Waals surface area (Å²) in [5.74, 6) is 2.56. The third kappa shape index (κ3) is 5.00. The lowest BCUT2D eigenvalue weighted by Crippen LogP contribution is -2.45. The molecule has 0 saturated carbocycles. The molecule has 2 aromatic rings. The fourth-order valence-electron chi connectivity index (χ4n) is 3.59. The standard InChI is InChI=1S/C20H27ClN4O2S/c1-13-9-14(2)11-25(10-13)19(26)15(3)28-20-23-22-18(24(20)4)12-27-17-8-6-5-7-16(17)21/h5-8,13-15H,9-12H2,1-4H3. The number of nitrogens with zero attached hydrogens (tertiary/aromatic N) is 4. The van der Waals surface area contributed by atoms with Crippen LogP contribution in [-0.2, 0) is 18.4 Å². The molecule has 3 unspecified atom stereocenters. The van der Waals surface area contributed by atoms with Crippen molar-refractivity contribution in [2.45, 2.75) is 44.2 Å². The highest BCUT2D eigenvalue weighted by Crippen LogP contribution is 2.28. The van der Waals surface area contributed by atoms with Gasteiger partial charge in [0.2, 0.25) is 5.91 Å². The summed E-state index contributed by atoms with van der Waals surface area (Å²) in [6.45, 7) is 8.29. The first-order valence-corrected chi connectivity index (χ1v) is 10.8. The summed E-state index contributed by atoms with van der Waals surface area (Å²) >= 11 is 7.56. The lowest BCUT2D eigenvalue weighted by Gasteiger charge is -2.36. The predicted octanol–water partition coefficient (Wildman–Crippen LogP) is 4.03. The van der Waals surface area contributed by atoms with Crippen molar-refractivity contribution in [2.75, 3.05) is 13.1 Å². The fraction of sp³-hybridized carbons (Fsp3) is 0.550. The number of hydrogen-bond acceptors (Lipinski definition) is 5.